The Labute approximate surface area is 131 Å². The monoisotopic (exact) mass is 316 g/mol. The van der Waals surface area contributed by atoms with E-state index < -0.39 is 0 Å². The highest BCUT2D eigenvalue weighted by molar-refractivity contribution is 6.33. The molecule has 1 heterocycles. The van der Waals surface area contributed by atoms with Crippen LogP contribution in [-0.4, -0.2) is 24.2 Å². The van der Waals surface area contributed by atoms with Crippen molar-refractivity contribution in [3.8, 4) is 22.9 Å². The van der Waals surface area contributed by atoms with Crippen molar-refractivity contribution in [2.24, 2.45) is 0 Å². The van der Waals surface area contributed by atoms with Crippen LogP contribution >= 0.6 is 11.6 Å². The van der Waals surface area contributed by atoms with Gasteiger partial charge in [0.1, 0.15) is 5.82 Å². The van der Waals surface area contributed by atoms with Crippen molar-refractivity contribution < 1.29 is 9.47 Å². The van der Waals surface area contributed by atoms with E-state index >= 15 is 0 Å². The molecule has 0 bridgehead atoms. The van der Waals surface area contributed by atoms with Gasteiger partial charge >= 0.3 is 0 Å². The average molecular weight is 317 g/mol. The molecule has 112 valence electrons. The zero-order valence-electron chi connectivity index (χ0n) is 12.0. The molecule has 0 spiro atoms. The first-order valence-corrected chi connectivity index (χ1v) is 6.93. The largest absolute Gasteiger partial charge is 0.493 e. The summed E-state index contributed by atoms with van der Waals surface area (Å²) in [7, 11) is 3.05. The number of H-pyrrole nitrogens is 1. The van der Waals surface area contributed by atoms with Crippen molar-refractivity contribution in [3.05, 3.63) is 51.8 Å². The fourth-order valence-electron chi connectivity index (χ4n) is 2.25. The minimum atomic E-state index is -0.263. The molecule has 3 rings (SSSR count). The predicted octanol–water partition coefficient (Wildman–Crippen LogP) is 3.26. The van der Waals surface area contributed by atoms with Crippen LogP contribution < -0.4 is 15.0 Å². The third kappa shape index (κ3) is 2.40. The molecule has 2 aromatic carbocycles. The number of nitrogens with zero attached hydrogens (tertiary/aromatic N) is 1. The van der Waals surface area contributed by atoms with Crippen molar-refractivity contribution in [2.45, 2.75) is 0 Å². The summed E-state index contributed by atoms with van der Waals surface area (Å²) in [6.45, 7) is 0. The number of aromatic amines is 1. The van der Waals surface area contributed by atoms with Crippen LogP contribution in [-0.2, 0) is 0 Å². The molecule has 3 aromatic rings. The van der Waals surface area contributed by atoms with Crippen LogP contribution in [0.25, 0.3) is 22.3 Å². The number of nitrogens with one attached hydrogen (secondary N) is 1. The highest BCUT2D eigenvalue weighted by Crippen LogP contribution is 2.31. The highest BCUT2D eigenvalue weighted by Gasteiger charge is 2.12. The van der Waals surface area contributed by atoms with Crippen LogP contribution in [0.4, 0.5) is 0 Å². The second kappa shape index (κ2) is 5.69. The van der Waals surface area contributed by atoms with E-state index in [1.807, 2.05) is 12.1 Å². The quantitative estimate of drug-likeness (QED) is 0.805. The van der Waals surface area contributed by atoms with Crippen LogP contribution in [0.15, 0.2) is 41.2 Å². The Morgan fingerprint density at radius 2 is 1.77 bits per heavy atom. The van der Waals surface area contributed by atoms with Crippen LogP contribution in [0.3, 0.4) is 0 Å². The Hall–Kier alpha value is -2.53. The second-order valence-corrected chi connectivity index (χ2v) is 5.03. The molecule has 0 amide bonds. The Bertz CT molecular complexity index is 906. The minimum absolute atomic E-state index is 0.263. The smallest absolute Gasteiger partial charge is 0.259 e. The van der Waals surface area contributed by atoms with E-state index in [2.05, 4.69) is 9.97 Å². The Balaban J connectivity index is 2.29. The first-order valence-electron chi connectivity index (χ1n) is 6.55. The number of halogens is 1. The zero-order chi connectivity index (χ0) is 15.7. The molecular weight excluding hydrogens is 304 g/mol. The Kier molecular flexibility index (Phi) is 3.73. The third-order valence-electron chi connectivity index (χ3n) is 3.34. The molecule has 0 fully saturated rings. The number of rotatable bonds is 3. The lowest BCUT2D eigenvalue weighted by Crippen LogP contribution is -2.10. The number of aromatic nitrogens is 2. The van der Waals surface area contributed by atoms with Gasteiger partial charge in [-0.25, -0.2) is 4.98 Å². The van der Waals surface area contributed by atoms with Crippen molar-refractivity contribution in [1.29, 1.82) is 0 Å². The van der Waals surface area contributed by atoms with Gasteiger partial charge in [-0.15, -0.1) is 0 Å². The van der Waals surface area contributed by atoms with Crippen molar-refractivity contribution >= 4 is 22.5 Å². The maximum atomic E-state index is 12.3. The molecule has 22 heavy (non-hydrogen) atoms. The van der Waals surface area contributed by atoms with E-state index in [4.69, 9.17) is 21.1 Å². The summed E-state index contributed by atoms with van der Waals surface area (Å²) in [6.07, 6.45) is 0. The number of hydrogen-bond donors (Lipinski definition) is 1. The SMILES string of the molecule is COc1cc2nc(-c3ccccc3Cl)[nH]c(=O)c2cc1OC. The van der Waals surface area contributed by atoms with Crippen LogP contribution in [0, 0.1) is 0 Å². The van der Waals surface area contributed by atoms with E-state index in [0.717, 1.165) is 0 Å². The lowest BCUT2D eigenvalue weighted by atomic mass is 10.2. The van der Waals surface area contributed by atoms with Crippen LogP contribution in [0.5, 0.6) is 11.5 Å². The summed E-state index contributed by atoms with van der Waals surface area (Å²) < 4.78 is 10.5. The van der Waals surface area contributed by atoms with Gasteiger partial charge in [-0.3, -0.25) is 4.79 Å². The normalized spacial score (nSPS) is 10.7. The van der Waals surface area contributed by atoms with Crippen LogP contribution in [0.2, 0.25) is 5.02 Å². The molecule has 0 atom stereocenters. The highest BCUT2D eigenvalue weighted by atomic mass is 35.5. The topological polar surface area (TPSA) is 64.2 Å². The zero-order valence-corrected chi connectivity index (χ0v) is 12.8. The molecular formula is C16H13ClN2O3. The standard InChI is InChI=1S/C16H13ClN2O3/c1-21-13-7-10-12(8-14(13)22-2)18-15(19-16(10)20)9-5-3-4-6-11(9)17/h3-8H,1-2H3,(H,18,19,20). The number of fused-ring (bicyclic) bond motifs is 1. The molecule has 0 radical (unpaired) electrons. The van der Waals surface area contributed by atoms with Crippen molar-refractivity contribution in [2.75, 3.05) is 14.2 Å². The first-order chi connectivity index (χ1) is 10.6. The van der Waals surface area contributed by atoms with E-state index in [9.17, 15) is 4.79 Å². The maximum Gasteiger partial charge on any atom is 0.259 e. The van der Waals surface area contributed by atoms with Gasteiger partial charge in [0.05, 0.1) is 30.1 Å². The molecule has 0 aliphatic carbocycles. The van der Waals surface area contributed by atoms with Gasteiger partial charge in [-0.1, -0.05) is 23.7 Å². The third-order valence-corrected chi connectivity index (χ3v) is 3.67. The van der Waals surface area contributed by atoms with Gasteiger partial charge in [-0.2, -0.15) is 0 Å². The van der Waals surface area contributed by atoms with Gasteiger partial charge in [0.25, 0.3) is 5.56 Å². The molecule has 0 aliphatic rings. The van der Waals surface area contributed by atoms with E-state index in [1.165, 1.54) is 14.2 Å². The maximum absolute atomic E-state index is 12.3. The molecule has 1 aromatic heterocycles. The summed E-state index contributed by atoms with van der Waals surface area (Å²) in [5.41, 5.74) is 0.912. The summed E-state index contributed by atoms with van der Waals surface area (Å²) in [5.74, 6) is 1.40. The molecule has 0 unspecified atom stereocenters. The van der Waals surface area contributed by atoms with Gasteiger partial charge in [0, 0.05) is 11.6 Å². The molecule has 0 aliphatic heterocycles. The van der Waals surface area contributed by atoms with Crippen molar-refractivity contribution in [1.82, 2.24) is 9.97 Å². The van der Waals surface area contributed by atoms with E-state index in [-0.39, 0.29) is 5.56 Å². The number of ether oxygens (including phenoxy) is 2. The average Bonchev–Trinajstić information content (AvgIpc) is 2.54. The number of hydrogen-bond acceptors (Lipinski definition) is 4. The second-order valence-electron chi connectivity index (χ2n) is 4.62. The summed E-state index contributed by atoms with van der Waals surface area (Å²) in [6, 6.07) is 10.5. The molecule has 5 nitrogen and oxygen atoms in total. The van der Waals surface area contributed by atoms with E-state index in [1.54, 1.807) is 24.3 Å². The van der Waals surface area contributed by atoms with Crippen molar-refractivity contribution in [3.63, 3.8) is 0 Å². The molecule has 1 N–H and O–H groups in total. The predicted molar refractivity (Wildman–Crippen MR) is 85.9 cm³/mol. The number of benzene rings is 2. The summed E-state index contributed by atoms with van der Waals surface area (Å²) in [5, 5.41) is 0.943. The lowest BCUT2D eigenvalue weighted by molar-refractivity contribution is 0.355. The fraction of sp³-hybridized carbons (Fsp3) is 0.125. The number of methoxy groups -OCH3 is 2. The van der Waals surface area contributed by atoms with Gasteiger partial charge in [-0.05, 0) is 18.2 Å². The molecule has 0 saturated carbocycles. The fourth-order valence-corrected chi connectivity index (χ4v) is 2.47. The first kappa shape index (κ1) is 14.4. The molecule has 0 saturated heterocycles. The van der Waals surface area contributed by atoms with Gasteiger partial charge in [0.15, 0.2) is 11.5 Å². The van der Waals surface area contributed by atoms with Gasteiger partial charge < -0.3 is 14.5 Å². The summed E-state index contributed by atoms with van der Waals surface area (Å²) in [4.78, 5) is 19.5. The summed E-state index contributed by atoms with van der Waals surface area (Å²) >= 11 is 6.16. The van der Waals surface area contributed by atoms with Gasteiger partial charge in [0.2, 0.25) is 0 Å². The Morgan fingerprint density at radius 3 is 2.45 bits per heavy atom. The van der Waals surface area contributed by atoms with E-state index in [0.29, 0.717) is 38.8 Å². The Morgan fingerprint density at radius 1 is 1.09 bits per heavy atom. The molecule has 6 heteroatoms. The minimum Gasteiger partial charge on any atom is -0.493 e. The lowest BCUT2D eigenvalue weighted by Gasteiger charge is -2.09. The van der Waals surface area contributed by atoms with Crippen LogP contribution in [0.1, 0.15) is 0 Å².